The summed E-state index contributed by atoms with van der Waals surface area (Å²) in [5.41, 5.74) is 2.68. The van der Waals surface area contributed by atoms with Crippen molar-refractivity contribution >= 4 is 11.6 Å². The molecule has 0 aromatic heterocycles. The standard InChI is InChI=1S/C21H25ClO5/c1-3-26-16-7-4-13(5-8-16)10-15-11-14(6-9-17(15)22)21-20(25)19(24)18(23)12(2)27-21/h4-9,11-12,18-21,23-25H,3,10H2,1-2H3/t12-,18-,19-,20-,21+/m1/s1. The molecule has 0 amide bonds. The molecule has 5 atom stereocenters. The van der Waals surface area contributed by atoms with Crippen LogP contribution < -0.4 is 4.74 Å². The highest BCUT2D eigenvalue weighted by molar-refractivity contribution is 6.31. The zero-order valence-electron chi connectivity index (χ0n) is 15.4. The average molecular weight is 393 g/mol. The Balaban J connectivity index is 1.82. The summed E-state index contributed by atoms with van der Waals surface area (Å²) in [4.78, 5) is 0. The van der Waals surface area contributed by atoms with Crippen LogP contribution in [0.5, 0.6) is 5.75 Å². The molecule has 6 heteroatoms. The second-order valence-corrected chi connectivity index (χ2v) is 7.25. The van der Waals surface area contributed by atoms with Crippen molar-refractivity contribution in [2.75, 3.05) is 6.61 Å². The number of hydrogen-bond donors (Lipinski definition) is 3. The molecule has 3 rings (SSSR count). The number of halogens is 1. The lowest BCUT2D eigenvalue weighted by molar-refractivity contribution is -0.219. The van der Waals surface area contributed by atoms with Gasteiger partial charge in [-0.15, -0.1) is 0 Å². The number of rotatable bonds is 5. The fourth-order valence-electron chi connectivity index (χ4n) is 3.32. The van der Waals surface area contributed by atoms with Gasteiger partial charge in [-0.25, -0.2) is 0 Å². The van der Waals surface area contributed by atoms with E-state index in [1.807, 2.05) is 37.3 Å². The molecule has 0 spiro atoms. The van der Waals surface area contributed by atoms with Crippen LogP contribution in [0.15, 0.2) is 42.5 Å². The third-order valence-electron chi connectivity index (χ3n) is 4.88. The van der Waals surface area contributed by atoms with Crippen molar-refractivity contribution in [3.63, 3.8) is 0 Å². The Bertz CT molecular complexity index is 764. The Kier molecular flexibility index (Phi) is 6.40. The van der Waals surface area contributed by atoms with Gasteiger partial charge in [-0.2, -0.15) is 0 Å². The first kappa shape index (κ1) is 20.1. The molecule has 2 aromatic rings. The van der Waals surface area contributed by atoms with Crippen molar-refractivity contribution in [2.45, 2.75) is 50.8 Å². The van der Waals surface area contributed by atoms with E-state index in [0.29, 0.717) is 23.6 Å². The minimum absolute atomic E-state index is 0.585. The minimum Gasteiger partial charge on any atom is -0.494 e. The maximum atomic E-state index is 10.3. The Morgan fingerprint density at radius 1 is 1.00 bits per heavy atom. The fraction of sp³-hybridized carbons (Fsp3) is 0.429. The molecule has 27 heavy (non-hydrogen) atoms. The van der Waals surface area contributed by atoms with Crippen LogP contribution in [0.3, 0.4) is 0 Å². The molecule has 1 aliphatic heterocycles. The molecular formula is C21H25ClO5. The van der Waals surface area contributed by atoms with Gasteiger partial charge in [-0.3, -0.25) is 0 Å². The van der Waals surface area contributed by atoms with Gasteiger partial charge in [-0.05, 0) is 55.2 Å². The highest BCUT2D eigenvalue weighted by Gasteiger charge is 2.42. The van der Waals surface area contributed by atoms with Gasteiger partial charge < -0.3 is 24.8 Å². The average Bonchev–Trinajstić information content (AvgIpc) is 2.66. The van der Waals surface area contributed by atoms with Crippen molar-refractivity contribution < 1.29 is 24.8 Å². The Morgan fingerprint density at radius 3 is 2.37 bits per heavy atom. The maximum Gasteiger partial charge on any atom is 0.119 e. The Labute approximate surface area is 164 Å². The second-order valence-electron chi connectivity index (χ2n) is 6.84. The molecule has 0 unspecified atom stereocenters. The zero-order chi connectivity index (χ0) is 19.6. The third kappa shape index (κ3) is 4.45. The van der Waals surface area contributed by atoms with Crippen LogP contribution in [-0.4, -0.2) is 46.3 Å². The van der Waals surface area contributed by atoms with Gasteiger partial charge >= 0.3 is 0 Å². The van der Waals surface area contributed by atoms with Crippen LogP contribution in [0.25, 0.3) is 0 Å². The van der Waals surface area contributed by atoms with E-state index in [1.54, 1.807) is 19.1 Å². The van der Waals surface area contributed by atoms with Gasteiger partial charge in [0.1, 0.15) is 30.2 Å². The lowest BCUT2D eigenvalue weighted by atomic mass is 9.90. The zero-order valence-corrected chi connectivity index (χ0v) is 16.1. The predicted molar refractivity (Wildman–Crippen MR) is 103 cm³/mol. The van der Waals surface area contributed by atoms with Gasteiger partial charge in [0.25, 0.3) is 0 Å². The number of aliphatic hydroxyl groups excluding tert-OH is 3. The molecule has 2 aromatic carbocycles. The molecule has 3 N–H and O–H groups in total. The summed E-state index contributed by atoms with van der Waals surface area (Å²) in [5, 5.41) is 30.9. The van der Waals surface area contributed by atoms with Crippen LogP contribution in [-0.2, 0) is 11.2 Å². The van der Waals surface area contributed by atoms with Gasteiger partial charge in [0, 0.05) is 5.02 Å². The monoisotopic (exact) mass is 392 g/mol. The van der Waals surface area contributed by atoms with Crippen molar-refractivity contribution in [1.29, 1.82) is 0 Å². The van der Waals surface area contributed by atoms with Crippen molar-refractivity contribution in [3.8, 4) is 5.75 Å². The van der Waals surface area contributed by atoms with Gasteiger partial charge in [0.2, 0.25) is 0 Å². The van der Waals surface area contributed by atoms with Crippen LogP contribution >= 0.6 is 11.6 Å². The lowest BCUT2D eigenvalue weighted by Crippen LogP contribution is -2.53. The second kappa shape index (κ2) is 8.59. The molecule has 1 heterocycles. The molecule has 0 saturated carbocycles. The molecule has 0 aliphatic carbocycles. The molecule has 1 aliphatic rings. The molecular weight excluding hydrogens is 368 g/mol. The topological polar surface area (TPSA) is 79.2 Å². The third-order valence-corrected chi connectivity index (χ3v) is 5.25. The van der Waals surface area contributed by atoms with E-state index >= 15 is 0 Å². The minimum atomic E-state index is -1.26. The summed E-state index contributed by atoms with van der Waals surface area (Å²) in [5.74, 6) is 0.821. The number of aliphatic hydroxyl groups is 3. The Hall–Kier alpha value is -1.63. The van der Waals surface area contributed by atoms with Crippen LogP contribution in [0, 0.1) is 0 Å². The summed E-state index contributed by atoms with van der Waals surface area (Å²) in [6, 6.07) is 13.2. The van der Waals surface area contributed by atoms with E-state index in [1.165, 1.54) is 0 Å². The van der Waals surface area contributed by atoms with Crippen LogP contribution in [0.1, 0.15) is 36.6 Å². The normalized spacial score (nSPS) is 28.1. The van der Waals surface area contributed by atoms with Crippen LogP contribution in [0.2, 0.25) is 5.02 Å². The number of benzene rings is 2. The van der Waals surface area contributed by atoms with Crippen molar-refractivity contribution in [3.05, 3.63) is 64.2 Å². The SMILES string of the molecule is CCOc1ccc(Cc2cc([C@@H]3O[C@H](C)[C@@H](O)[C@@H](O)[C@H]3O)ccc2Cl)cc1. The summed E-state index contributed by atoms with van der Waals surface area (Å²) < 4.78 is 11.2. The molecule has 5 nitrogen and oxygen atoms in total. The van der Waals surface area contributed by atoms with Crippen molar-refractivity contribution in [1.82, 2.24) is 0 Å². The number of hydrogen-bond acceptors (Lipinski definition) is 5. The van der Waals surface area contributed by atoms with Gasteiger partial charge in [0.15, 0.2) is 0 Å². The molecule has 0 bridgehead atoms. The van der Waals surface area contributed by atoms with E-state index in [2.05, 4.69) is 0 Å². The highest BCUT2D eigenvalue weighted by Crippen LogP contribution is 2.34. The largest absolute Gasteiger partial charge is 0.494 e. The summed E-state index contributed by atoms with van der Waals surface area (Å²) in [6.45, 7) is 4.23. The molecule has 1 saturated heterocycles. The van der Waals surface area contributed by atoms with Gasteiger partial charge in [0.05, 0.1) is 12.7 Å². The summed E-state index contributed by atoms with van der Waals surface area (Å²) >= 11 is 6.37. The smallest absolute Gasteiger partial charge is 0.119 e. The Morgan fingerprint density at radius 2 is 1.70 bits per heavy atom. The number of ether oxygens (including phenoxy) is 2. The highest BCUT2D eigenvalue weighted by atomic mass is 35.5. The summed E-state index contributed by atoms with van der Waals surface area (Å²) in [6.07, 6.45) is -4.29. The molecule has 146 valence electrons. The fourth-order valence-corrected chi connectivity index (χ4v) is 3.51. The van der Waals surface area contributed by atoms with Gasteiger partial charge in [-0.1, -0.05) is 35.9 Å². The predicted octanol–water partition coefficient (Wildman–Crippen LogP) is 2.87. The first-order chi connectivity index (χ1) is 12.9. The summed E-state index contributed by atoms with van der Waals surface area (Å²) in [7, 11) is 0. The maximum absolute atomic E-state index is 10.3. The first-order valence-electron chi connectivity index (χ1n) is 9.10. The van der Waals surface area contributed by atoms with Crippen LogP contribution in [0.4, 0.5) is 0 Å². The van der Waals surface area contributed by atoms with E-state index in [-0.39, 0.29) is 0 Å². The van der Waals surface area contributed by atoms with E-state index in [0.717, 1.165) is 16.9 Å². The molecule has 1 fully saturated rings. The van der Waals surface area contributed by atoms with E-state index < -0.39 is 30.5 Å². The van der Waals surface area contributed by atoms with E-state index in [9.17, 15) is 15.3 Å². The quantitative estimate of drug-likeness (QED) is 0.729. The van der Waals surface area contributed by atoms with Crippen molar-refractivity contribution in [2.24, 2.45) is 0 Å². The first-order valence-corrected chi connectivity index (χ1v) is 9.48. The lowest BCUT2D eigenvalue weighted by Gasteiger charge is -2.39. The molecule has 0 radical (unpaired) electrons. The van der Waals surface area contributed by atoms with E-state index in [4.69, 9.17) is 21.1 Å².